The van der Waals surface area contributed by atoms with E-state index in [1.165, 1.54) is 12.1 Å². The van der Waals surface area contributed by atoms with Crippen LogP contribution in [0.4, 0.5) is 5.69 Å². The third kappa shape index (κ3) is 3.57. The van der Waals surface area contributed by atoms with Crippen molar-refractivity contribution in [2.24, 2.45) is 0 Å². The number of Topliss-reactive ketones (excluding diaryl/α,β-unsaturated/α-hetero) is 1. The molecular formula is C11H10Cl3NO3. The van der Waals surface area contributed by atoms with Gasteiger partial charge in [-0.05, 0) is 18.9 Å². The van der Waals surface area contributed by atoms with Crippen molar-refractivity contribution in [3.63, 3.8) is 0 Å². The highest BCUT2D eigenvalue weighted by molar-refractivity contribution is 6.41. The Bertz CT molecular complexity index is 477. The van der Waals surface area contributed by atoms with Crippen LogP contribution in [-0.2, 0) is 0 Å². The number of nitrogens with zero attached hydrogens (tertiary/aromatic N) is 1. The minimum atomic E-state index is -0.645. The van der Waals surface area contributed by atoms with Gasteiger partial charge in [-0.1, -0.05) is 23.2 Å². The first-order valence-corrected chi connectivity index (χ1v) is 6.49. The minimum Gasteiger partial charge on any atom is -0.294 e. The number of hydrogen-bond donors (Lipinski definition) is 0. The van der Waals surface area contributed by atoms with Crippen LogP contribution in [0.15, 0.2) is 12.1 Å². The van der Waals surface area contributed by atoms with Crippen LogP contribution in [-0.4, -0.2) is 16.6 Å². The maximum Gasteiger partial charge on any atom is 0.288 e. The Labute approximate surface area is 119 Å². The summed E-state index contributed by atoms with van der Waals surface area (Å²) in [5.74, 6) is 0.155. The second kappa shape index (κ2) is 6.92. The minimum absolute atomic E-state index is 0.0158. The maximum atomic E-state index is 11.9. The average Bonchev–Trinajstić information content (AvgIpc) is 2.28. The first kappa shape index (κ1) is 15.2. The number of hydrogen-bond acceptors (Lipinski definition) is 3. The van der Waals surface area contributed by atoms with E-state index >= 15 is 0 Å². The lowest BCUT2D eigenvalue weighted by atomic mass is 10.0. The molecule has 4 nitrogen and oxygen atoms in total. The van der Waals surface area contributed by atoms with Gasteiger partial charge in [-0.25, -0.2) is 0 Å². The molecule has 0 aromatic heterocycles. The molecule has 0 aliphatic rings. The van der Waals surface area contributed by atoms with Crippen molar-refractivity contribution in [2.75, 3.05) is 5.88 Å². The third-order valence-electron chi connectivity index (χ3n) is 2.33. The van der Waals surface area contributed by atoms with E-state index < -0.39 is 4.92 Å². The molecule has 18 heavy (non-hydrogen) atoms. The summed E-state index contributed by atoms with van der Waals surface area (Å²) in [5.41, 5.74) is -0.302. The summed E-state index contributed by atoms with van der Waals surface area (Å²) in [4.78, 5) is 22.0. The van der Waals surface area contributed by atoms with Gasteiger partial charge in [-0.3, -0.25) is 14.9 Å². The molecule has 0 radical (unpaired) electrons. The van der Waals surface area contributed by atoms with Crippen LogP contribution in [0.5, 0.6) is 0 Å². The van der Waals surface area contributed by atoms with Gasteiger partial charge < -0.3 is 0 Å². The van der Waals surface area contributed by atoms with Crippen molar-refractivity contribution in [1.29, 1.82) is 0 Å². The second-order valence-corrected chi connectivity index (χ2v) is 4.74. The number of nitro benzene ring substituents is 1. The summed E-state index contributed by atoms with van der Waals surface area (Å²) in [6.07, 6.45) is 1.50. The van der Waals surface area contributed by atoms with E-state index in [1.54, 1.807) is 0 Å². The largest absolute Gasteiger partial charge is 0.294 e. The summed E-state index contributed by atoms with van der Waals surface area (Å²) < 4.78 is 0. The molecule has 0 N–H and O–H groups in total. The van der Waals surface area contributed by atoms with Crippen LogP contribution in [0, 0.1) is 10.1 Å². The number of ketones is 1. The van der Waals surface area contributed by atoms with Crippen molar-refractivity contribution >= 4 is 46.3 Å². The third-order valence-corrected chi connectivity index (χ3v) is 3.30. The van der Waals surface area contributed by atoms with E-state index in [1.807, 2.05) is 0 Å². The number of benzene rings is 1. The molecule has 7 heteroatoms. The number of rotatable bonds is 6. The molecule has 0 unspecified atom stereocenters. The highest BCUT2D eigenvalue weighted by Gasteiger charge is 2.22. The molecule has 1 aromatic carbocycles. The van der Waals surface area contributed by atoms with E-state index in [0.29, 0.717) is 18.7 Å². The topological polar surface area (TPSA) is 60.2 Å². The van der Waals surface area contributed by atoms with E-state index in [4.69, 9.17) is 34.8 Å². The zero-order chi connectivity index (χ0) is 13.7. The van der Waals surface area contributed by atoms with Crippen LogP contribution in [0.3, 0.4) is 0 Å². The SMILES string of the molecule is O=C(CCCCCl)c1c(Cl)ccc([N+](=O)[O-])c1Cl. The van der Waals surface area contributed by atoms with Crippen LogP contribution in [0.1, 0.15) is 29.6 Å². The number of halogens is 3. The number of unbranched alkanes of at least 4 members (excludes halogenated alkanes) is 1. The van der Waals surface area contributed by atoms with Crippen LogP contribution < -0.4 is 0 Å². The van der Waals surface area contributed by atoms with Crippen molar-refractivity contribution in [3.05, 3.63) is 37.9 Å². The molecule has 0 aliphatic carbocycles. The Morgan fingerprint density at radius 2 is 1.94 bits per heavy atom. The quantitative estimate of drug-likeness (QED) is 0.256. The molecule has 0 spiro atoms. The van der Waals surface area contributed by atoms with Gasteiger partial charge in [0.15, 0.2) is 5.78 Å². The number of carbonyl (C=O) groups excluding carboxylic acids is 1. The fraction of sp³-hybridized carbons (Fsp3) is 0.364. The number of carbonyl (C=O) groups is 1. The molecule has 1 rings (SSSR count). The highest BCUT2D eigenvalue weighted by atomic mass is 35.5. The second-order valence-electron chi connectivity index (χ2n) is 3.58. The molecule has 0 bridgehead atoms. The maximum absolute atomic E-state index is 11.9. The van der Waals surface area contributed by atoms with Crippen molar-refractivity contribution in [2.45, 2.75) is 19.3 Å². The lowest BCUT2D eigenvalue weighted by Gasteiger charge is -2.06. The van der Waals surface area contributed by atoms with E-state index in [-0.39, 0.29) is 33.5 Å². The molecule has 0 atom stereocenters. The average molecular weight is 311 g/mol. The first-order valence-electron chi connectivity index (χ1n) is 5.20. The molecule has 0 amide bonds. The van der Waals surface area contributed by atoms with Crippen molar-refractivity contribution in [1.82, 2.24) is 0 Å². The molecule has 0 heterocycles. The van der Waals surface area contributed by atoms with Gasteiger partial charge in [0.25, 0.3) is 5.69 Å². The predicted molar refractivity (Wildman–Crippen MR) is 72.0 cm³/mol. The molecular weight excluding hydrogens is 300 g/mol. The Balaban J connectivity index is 3.03. The van der Waals surface area contributed by atoms with Gasteiger partial charge in [0.2, 0.25) is 0 Å². The van der Waals surface area contributed by atoms with Crippen molar-refractivity contribution < 1.29 is 9.72 Å². The predicted octanol–water partition coefficient (Wildman–Crippen LogP) is 4.49. The molecule has 0 saturated heterocycles. The molecule has 1 aromatic rings. The zero-order valence-corrected chi connectivity index (χ0v) is 11.6. The Hall–Kier alpha value is -0.840. The van der Waals surface area contributed by atoms with Gasteiger partial charge in [0.05, 0.1) is 15.5 Å². The fourth-order valence-electron chi connectivity index (χ4n) is 1.44. The standard InChI is InChI=1S/C11H10Cl3NO3/c12-6-2-1-3-9(16)10-7(13)4-5-8(11(10)14)15(17)18/h4-5H,1-3,6H2. The summed E-state index contributed by atoms with van der Waals surface area (Å²) in [6, 6.07) is 2.49. The Morgan fingerprint density at radius 3 is 2.50 bits per heavy atom. The van der Waals surface area contributed by atoms with E-state index in [0.717, 1.165) is 0 Å². The molecule has 0 saturated carbocycles. The van der Waals surface area contributed by atoms with E-state index in [9.17, 15) is 14.9 Å². The first-order chi connectivity index (χ1) is 8.49. The number of alkyl halides is 1. The highest BCUT2D eigenvalue weighted by Crippen LogP contribution is 2.34. The van der Waals surface area contributed by atoms with Gasteiger partial charge in [-0.15, -0.1) is 11.6 Å². The zero-order valence-electron chi connectivity index (χ0n) is 9.29. The lowest BCUT2D eigenvalue weighted by molar-refractivity contribution is -0.384. The summed E-state index contributed by atoms with van der Waals surface area (Å²) >= 11 is 17.2. The van der Waals surface area contributed by atoms with E-state index in [2.05, 4.69) is 0 Å². The van der Waals surface area contributed by atoms with Crippen LogP contribution in [0.25, 0.3) is 0 Å². The fourth-order valence-corrected chi connectivity index (χ4v) is 2.28. The Morgan fingerprint density at radius 1 is 1.28 bits per heavy atom. The molecule has 98 valence electrons. The van der Waals surface area contributed by atoms with Crippen LogP contribution >= 0.6 is 34.8 Å². The van der Waals surface area contributed by atoms with Gasteiger partial charge in [-0.2, -0.15) is 0 Å². The summed E-state index contributed by atoms with van der Waals surface area (Å²) in [7, 11) is 0. The van der Waals surface area contributed by atoms with Gasteiger partial charge in [0, 0.05) is 18.4 Å². The molecule has 0 fully saturated rings. The van der Waals surface area contributed by atoms with Gasteiger partial charge >= 0.3 is 0 Å². The molecule has 0 aliphatic heterocycles. The summed E-state index contributed by atoms with van der Waals surface area (Å²) in [5, 5.41) is 10.6. The number of nitro groups is 1. The monoisotopic (exact) mass is 309 g/mol. The van der Waals surface area contributed by atoms with Crippen molar-refractivity contribution in [3.8, 4) is 0 Å². The van der Waals surface area contributed by atoms with Crippen LogP contribution in [0.2, 0.25) is 10.0 Å². The lowest BCUT2D eigenvalue weighted by Crippen LogP contribution is -2.03. The normalized spacial score (nSPS) is 10.4. The smallest absolute Gasteiger partial charge is 0.288 e. The summed E-state index contributed by atoms with van der Waals surface area (Å²) in [6.45, 7) is 0. The Kier molecular flexibility index (Phi) is 5.85. The van der Waals surface area contributed by atoms with Gasteiger partial charge in [0.1, 0.15) is 5.02 Å².